The van der Waals surface area contributed by atoms with Gasteiger partial charge in [0.15, 0.2) is 0 Å². The average molecular weight is 301 g/mol. The Labute approximate surface area is 119 Å². The van der Waals surface area contributed by atoms with Gasteiger partial charge in [0.1, 0.15) is 5.82 Å². The molecule has 1 saturated heterocycles. The summed E-state index contributed by atoms with van der Waals surface area (Å²) >= 11 is 0. The first-order valence-electron chi connectivity index (χ1n) is 6.69. The minimum atomic E-state index is -3.64. The van der Waals surface area contributed by atoms with E-state index in [1.54, 1.807) is 0 Å². The highest BCUT2D eigenvalue weighted by Crippen LogP contribution is 2.30. The van der Waals surface area contributed by atoms with Crippen molar-refractivity contribution in [3.63, 3.8) is 0 Å². The highest BCUT2D eigenvalue weighted by molar-refractivity contribution is 7.89. The van der Waals surface area contributed by atoms with Gasteiger partial charge < -0.3 is 5.11 Å². The second kappa shape index (κ2) is 5.42. The molecule has 1 aromatic carbocycles. The topological polar surface area (TPSA) is 57.6 Å². The number of halogens is 1. The molecule has 0 bridgehead atoms. The first-order chi connectivity index (χ1) is 9.27. The van der Waals surface area contributed by atoms with Gasteiger partial charge in [-0.2, -0.15) is 4.31 Å². The lowest BCUT2D eigenvalue weighted by Gasteiger charge is -2.21. The summed E-state index contributed by atoms with van der Waals surface area (Å²) in [6, 6.07) is 2.50. The van der Waals surface area contributed by atoms with Gasteiger partial charge in [-0.15, -0.1) is 0 Å². The third-order valence-corrected chi connectivity index (χ3v) is 5.76. The molecule has 1 heterocycles. The Bertz CT molecular complexity index is 615. The zero-order chi connectivity index (χ0) is 15.1. The molecule has 0 aliphatic carbocycles. The van der Waals surface area contributed by atoms with Gasteiger partial charge in [0.2, 0.25) is 10.0 Å². The summed E-state index contributed by atoms with van der Waals surface area (Å²) in [6.07, 6.45) is 0.826. The van der Waals surface area contributed by atoms with Crippen molar-refractivity contribution < 1.29 is 17.9 Å². The number of sulfonamides is 1. The number of aliphatic hydroxyl groups is 1. The van der Waals surface area contributed by atoms with E-state index < -0.39 is 22.4 Å². The smallest absolute Gasteiger partial charge is 0.243 e. The number of hydrogen-bond donors (Lipinski definition) is 1. The molecule has 0 aromatic heterocycles. The van der Waals surface area contributed by atoms with E-state index in [1.165, 1.54) is 23.4 Å². The molecule has 2 rings (SSSR count). The minimum Gasteiger partial charge on any atom is -0.392 e. The van der Waals surface area contributed by atoms with Crippen LogP contribution in [0.15, 0.2) is 17.0 Å². The van der Waals surface area contributed by atoms with Crippen LogP contribution in [0.5, 0.6) is 0 Å². The predicted octanol–water partition coefficient (Wildman–Crippen LogP) is 2.05. The molecule has 1 N–H and O–H groups in total. The molecule has 112 valence electrons. The van der Waals surface area contributed by atoms with Gasteiger partial charge in [-0.3, -0.25) is 0 Å². The number of aryl methyl sites for hydroxylation is 1. The standard InChI is InChI=1S/C14H20FNO3S/c1-9-4-11(3)16(7-9)20(18,19)13-5-10(2)14(15)12(6-13)8-17/h5-6,9,11,17H,4,7-8H2,1-3H3. The van der Waals surface area contributed by atoms with Crippen LogP contribution in [0.2, 0.25) is 0 Å². The molecule has 1 aliphatic rings. The maximum Gasteiger partial charge on any atom is 0.243 e. The summed E-state index contributed by atoms with van der Waals surface area (Å²) in [4.78, 5) is 0.0569. The molecule has 2 unspecified atom stereocenters. The van der Waals surface area contributed by atoms with E-state index in [1.807, 2.05) is 13.8 Å². The zero-order valence-electron chi connectivity index (χ0n) is 11.9. The van der Waals surface area contributed by atoms with Gasteiger partial charge >= 0.3 is 0 Å². The first kappa shape index (κ1) is 15.4. The van der Waals surface area contributed by atoms with Crippen molar-refractivity contribution in [3.8, 4) is 0 Å². The lowest BCUT2D eigenvalue weighted by atomic mass is 10.1. The average Bonchev–Trinajstić information content (AvgIpc) is 2.72. The predicted molar refractivity (Wildman–Crippen MR) is 74.2 cm³/mol. The lowest BCUT2D eigenvalue weighted by molar-refractivity contribution is 0.275. The Balaban J connectivity index is 2.47. The van der Waals surface area contributed by atoms with Crippen LogP contribution in [0.4, 0.5) is 4.39 Å². The number of benzene rings is 1. The normalized spacial score (nSPS) is 24.2. The Morgan fingerprint density at radius 3 is 2.55 bits per heavy atom. The Morgan fingerprint density at radius 1 is 1.40 bits per heavy atom. The first-order valence-corrected chi connectivity index (χ1v) is 8.13. The van der Waals surface area contributed by atoms with Crippen LogP contribution >= 0.6 is 0 Å². The zero-order valence-corrected chi connectivity index (χ0v) is 12.7. The van der Waals surface area contributed by atoms with Crippen LogP contribution < -0.4 is 0 Å². The van der Waals surface area contributed by atoms with E-state index in [9.17, 15) is 12.8 Å². The summed E-state index contributed by atoms with van der Waals surface area (Å²) in [5, 5.41) is 9.14. The summed E-state index contributed by atoms with van der Waals surface area (Å²) < 4.78 is 40.5. The molecule has 6 heteroatoms. The quantitative estimate of drug-likeness (QED) is 0.929. The van der Waals surface area contributed by atoms with Crippen molar-refractivity contribution in [3.05, 3.63) is 29.1 Å². The fourth-order valence-electron chi connectivity index (χ4n) is 2.80. The maximum absolute atomic E-state index is 13.7. The van der Waals surface area contributed by atoms with Crippen LogP contribution in [0.1, 0.15) is 31.4 Å². The number of nitrogens with zero attached hydrogens (tertiary/aromatic N) is 1. The molecule has 4 nitrogen and oxygen atoms in total. The number of hydrogen-bond acceptors (Lipinski definition) is 3. The molecule has 0 spiro atoms. The summed E-state index contributed by atoms with van der Waals surface area (Å²) in [6.45, 7) is 5.37. The summed E-state index contributed by atoms with van der Waals surface area (Å²) in [7, 11) is -3.64. The van der Waals surface area contributed by atoms with Gasteiger partial charge in [-0.1, -0.05) is 6.92 Å². The highest BCUT2D eigenvalue weighted by Gasteiger charge is 2.36. The van der Waals surface area contributed by atoms with Crippen molar-refractivity contribution in [2.24, 2.45) is 5.92 Å². The number of aliphatic hydroxyl groups excluding tert-OH is 1. The highest BCUT2D eigenvalue weighted by atomic mass is 32.2. The summed E-state index contributed by atoms with van der Waals surface area (Å²) in [5.74, 6) is -0.229. The van der Waals surface area contributed by atoms with Crippen molar-refractivity contribution in [1.82, 2.24) is 4.31 Å². The van der Waals surface area contributed by atoms with E-state index >= 15 is 0 Å². The number of rotatable bonds is 3. The fourth-order valence-corrected chi connectivity index (χ4v) is 4.70. The van der Waals surface area contributed by atoms with E-state index in [0.29, 0.717) is 12.5 Å². The molecule has 1 aliphatic heterocycles. The maximum atomic E-state index is 13.7. The summed E-state index contributed by atoms with van der Waals surface area (Å²) in [5.41, 5.74) is 0.249. The van der Waals surface area contributed by atoms with Gasteiger partial charge in [-0.05, 0) is 43.9 Å². The second-order valence-electron chi connectivity index (χ2n) is 5.64. The third kappa shape index (κ3) is 2.60. The van der Waals surface area contributed by atoms with E-state index in [2.05, 4.69) is 0 Å². The SMILES string of the molecule is Cc1cc(S(=O)(=O)N2CC(C)CC2C)cc(CO)c1F. The van der Waals surface area contributed by atoms with Crippen molar-refractivity contribution in [2.75, 3.05) is 6.54 Å². The Morgan fingerprint density at radius 2 is 2.05 bits per heavy atom. The molecular weight excluding hydrogens is 281 g/mol. The molecule has 2 atom stereocenters. The van der Waals surface area contributed by atoms with E-state index in [0.717, 1.165) is 6.42 Å². The molecule has 1 fully saturated rings. The molecule has 1 aromatic rings. The molecular formula is C14H20FNO3S. The van der Waals surface area contributed by atoms with E-state index in [4.69, 9.17) is 5.11 Å². The van der Waals surface area contributed by atoms with Gasteiger partial charge in [0, 0.05) is 18.2 Å². The van der Waals surface area contributed by atoms with Gasteiger partial charge in [-0.25, -0.2) is 12.8 Å². The van der Waals surface area contributed by atoms with Crippen LogP contribution in [-0.2, 0) is 16.6 Å². The molecule has 0 amide bonds. The third-order valence-electron chi connectivity index (χ3n) is 3.81. The largest absolute Gasteiger partial charge is 0.392 e. The van der Waals surface area contributed by atoms with Crippen LogP contribution in [-0.4, -0.2) is 30.4 Å². The lowest BCUT2D eigenvalue weighted by Crippen LogP contribution is -2.34. The van der Waals surface area contributed by atoms with Gasteiger partial charge in [0.05, 0.1) is 11.5 Å². The fraction of sp³-hybridized carbons (Fsp3) is 0.571. The van der Waals surface area contributed by atoms with Crippen molar-refractivity contribution in [1.29, 1.82) is 0 Å². The Hall–Kier alpha value is -0.980. The van der Waals surface area contributed by atoms with Crippen molar-refractivity contribution >= 4 is 10.0 Å². The van der Waals surface area contributed by atoms with Crippen LogP contribution in [0.25, 0.3) is 0 Å². The van der Waals surface area contributed by atoms with Crippen LogP contribution in [0.3, 0.4) is 0 Å². The van der Waals surface area contributed by atoms with Crippen LogP contribution in [0, 0.1) is 18.7 Å². The van der Waals surface area contributed by atoms with E-state index in [-0.39, 0.29) is 22.1 Å². The van der Waals surface area contributed by atoms with Gasteiger partial charge in [0.25, 0.3) is 0 Å². The Kier molecular flexibility index (Phi) is 4.18. The second-order valence-corrected chi connectivity index (χ2v) is 7.53. The van der Waals surface area contributed by atoms with Crippen molar-refractivity contribution in [2.45, 2.75) is 44.7 Å². The minimum absolute atomic E-state index is 0.0171. The molecule has 0 radical (unpaired) electrons. The monoisotopic (exact) mass is 301 g/mol. The molecule has 20 heavy (non-hydrogen) atoms. The molecule has 0 saturated carbocycles.